The molecular weight excluding hydrogens is 294 g/mol. The molecule has 4 heteroatoms. The number of rotatable bonds is 1. The van der Waals surface area contributed by atoms with Crippen molar-refractivity contribution in [3.63, 3.8) is 0 Å². The van der Waals surface area contributed by atoms with Crippen LogP contribution in [-0.2, 0) is 6.42 Å². The molecule has 0 saturated carbocycles. The van der Waals surface area contributed by atoms with Gasteiger partial charge in [0.05, 0.1) is 23.1 Å². The maximum Gasteiger partial charge on any atom is 0.137 e. The predicted octanol–water partition coefficient (Wildman–Crippen LogP) is 4.16. The Morgan fingerprint density at radius 1 is 1.14 bits per heavy atom. The van der Waals surface area contributed by atoms with Gasteiger partial charge in [0, 0.05) is 16.8 Å². The van der Waals surface area contributed by atoms with E-state index in [4.69, 9.17) is 16.6 Å². The van der Waals surface area contributed by atoms with E-state index < -0.39 is 0 Å². The number of fused-ring (bicyclic) bond motifs is 2. The van der Waals surface area contributed by atoms with Crippen LogP contribution in [0.5, 0.6) is 0 Å². The molecule has 3 nitrogen and oxygen atoms in total. The quantitative estimate of drug-likeness (QED) is 0.663. The van der Waals surface area contributed by atoms with Crippen LogP contribution in [0.3, 0.4) is 0 Å². The van der Waals surface area contributed by atoms with Gasteiger partial charge in [0.2, 0.25) is 0 Å². The van der Waals surface area contributed by atoms with E-state index in [1.54, 1.807) is 0 Å². The summed E-state index contributed by atoms with van der Waals surface area (Å²) in [4.78, 5) is 9.47. The summed E-state index contributed by atoms with van der Waals surface area (Å²) in [5.74, 6) is 0. The summed E-state index contributed by atoms with van der Waals surface area (Å²) >= 11 is 6.44. The van der Waals surface area contributed by atoms with Gasteiger partial charge < -0.3 is 0 Å². The molecule has 1 aliphatic heterocycles. The highest BCUT2D eigenvalue weighted by Crippen LogP contribution is 2.33. The first-order chi connectivity index (χ1) is 10.6. The first-order valence-electron chi connectivity index (χ1n) is 7.35. The molecule has 0 aliphatic carbocycles. The van der Waals surface area contributed by atoms with Crippen molar-refractivity contribution in [2.75, 3.05) is 0 Å². The van der Waals surface area contributed by atoms with Crippen LogP contribution in [0, 0.1) is 0 Å². The number of aliphatic imine (C=N–C) groups is 1. The molecule has 0 saturated heterocycles. The van der Waals surface area contributed by atoms with Crippen LogP contribution in [-0.4, -0.2) is 20.6 Å². The fourth-order valence-electron chi connectivity index (χ4n) is 3.10. The molecule has 2 aromatic heterocycles. The zero-order valence-corrected chi connectivity index (χ0v) is 13.3. The van der Waals surface area contributed by atoms with Crippen LogP contribution in [0.15, 0.2) is 53.8 Å². The topological polar surface area (TPSA) is 29.7 Å². The second-order valence-corrected chi connectivity index (χ2v) is 6.70. The first-order valence-corrected chi connectivity index (χ1v) is 7.73. The van der Waals surface area contributed by atoms with Gasteiger partial charge in [-0.25, -0.2) is 4.98 Å². The lowest BCUT2D eigenvalue weighted by Gasteiger charge is -2.29. The predicted molar refractivity (Wildman–Crippen MR) is 90.1 cm³/mol. The number of imidazole rings is 1. The lowest BCUT2D eigenvalue weighted by atomic mass is 9.86. The van der Waals surface area contributed by atoms with Crippen LogP contribution in [0.4, 0.5) is 0 Å². The van der Waals surface area contributed by atoms with Crippen molar-refractivity contribution in [2.24, 2.45) is 4.99 Å². The van der Waals surface area contributed by atoms with Gasteiger partial charge in [-0.05, 0) is 44.0 Å². The molecule has 3 aromatic rings. The van der Waals surface area contributed by atoms with Gasteiger partial charge in [0.15, 0.2) is 0 Å². The van der Waals surface area contributed by atoms with Crippen LogP contribution in [0.2, 0.25) is 5.02 Å². The van der Waals surface area contributed by atoms with Crippen molar-refractivity contribution < 1.29 is 0 Å². The fourth-order valence-corrected chi connectivity index (χ4v) is 3.34. The van der Waals surface area contributed by atoms with E-state index in [1.165, 1.54) is 5.56 Å². The van der Waals surface area contributed by atoms with Crippen molar-refractivity contribution in [1.29, 1.82) is 0 Å². The van der Waals surface area contributed by atoms with Gasteiger partial charge in [-0.15, -0.1) is 0 Å². The van der Waals surface area contributed by atoms with Crippen LogP contribution in [0.25, 0.3) is 5.65 Å². The normalized spacial score (nSPS) is 16.4. The summed E-state index contributed by atoms with van der Waals surface area (Å²) in [5.41, 5.74) is 5.00. The minimum atomic E-state index is -0.174. The molecule has 0 spiro atoms. The third-order valence-corrected chi connectivity index (χ3v) is 4.41. The third-order valence-electron chi connectivity index (χ3n) is 4.06. The summed E-state index contributed by atoms with van der Waals surface area (Å²) in [5, 5.41) is 0.812. The Morgan fingerprint density at radius 3 is 2.86 bits per heavy atom. The largest absolute Gasteiger partial charge is 0.298 e. The number of pyridine rings is 1. The number of aromatic nitrogens is 2. The first kappa shape index (κ1) is 13.5. The molecule has 0 amide bonds. The molecule has 22 heavy (non-hydrogen) atoms. The lowest BCUT2D eigenvalue weighted by molar-refractivity contribution is 0.513. The van der Waals surface area contributed by atoms with E-state index in [1.807, 2.05) is 42.7 Å². The molecule has 0 atom stereocenters. The maximum atomic E-state index is 6.44. The molecule has 0 radical (unpaired) electrons. The van der Waals surface area contributed by atoms with E-state index in [9.17, 15) is 0 Å². The highest BCUT2D eigenvalue weighted by atomic mass is 35.5. The van der Waals surface area contributed by atoms with Gasteiger partial charge in [0.1, 0.15) is 5.65 Å². The molecule has 0 bridgehead atoms. The molecule has 4 rings (SSSR count). The average molecular weight is 310 g/mol. The lowest BCUT2D eigenvalue weighted by Crippen LogP contribution is -2.30. The smallest absolute Gasteiger partial charge is 0.137 e. The average Bonchev–Trinajstić information content (AvgIpc) is 2.91. The molecule has 110 valence electrons. The monoisotopic (exact) mass is 309 g/mol. The number of hydrogen-bond acceptors (Lipinski definition) is 2. The SMILES string of the molecule is CC1(C)Cc2c(Cl)cccc2C(c2cnc3ccccn23)=N1. The van der Waals surface area contributed by atoms with Crippen LogP contribution in [0.1, 0.15) is 30.7 Å². The zero-order chi connectivity index (χ0) is 15.3. The number of hydrogen-bond donors (Lipinski definition) is 0. The zero-order valence-electron chi connectivity index (χ0n) is 12.5. The molecule has 0 N–H and O–H groups in total. The third kappa shape index (κ3) is 2.04. The highest BCUT2D eigenvalue weighted by molar-refractivity contribution is 6.32. The summed E-state index contributed by atoms with van der Waals surface area (Å²) < 4.78 is 2.07. The Hall–Kier alpha value is -2.13. The van der Waals surface area contributed by atoms with Crippen molar-refractivity contribution in [1.82, 2.24) is 9.38 Å². The number of benzene rings is 1. The Kier molecular flexibility index (Phi) is 2.88. The minimum absolute atomic E-state index is 0.174. The Balaban J connectivity index is 2.01. The molecule has 0 fully saturated rings. The Labute approximate surface area is 134 Å². The number of halogens is 1. The van der Waals surface area contributed by atoms with Crippen LogP contribution >= 0.6 is 11.6 Å². The summed E-state index contributed by atoms with van der Waals surface area (Å²) in [7, 11) is 0. The van der Waals surface area contributed by atoms with Gasteiger partial charge in [-0.3, -0.25) is 9.39 Å². The van der Waals surface area contributed by atoms with Crippen molar-refractivity contribution >= 4 is 23.0 Å². The van der Waals surface area contributed by atoms with Crippen LogP contribution < -0.4 is 0 Å². The van der Waals surface area contributed by atoms with Crippen molar-refractivity contribution in [2.45, 2.75) is 25.8 Å². The van der Waals surface area contributed by atoms with Gasteiger partial charge in [-0.1, -0.05) is 29.8 Å². The molecular formula is C18H16ClN3. The van der Waals surface area contributed by atoms with E-state index >= 15 is 0 Å². The van der Waals surface area contributed by atoms with Gasteiger partial charge in [-0.2, -0.15) is 0 Å². The Morgan fingerprint density at radius 2 is 2.00 bits per heavy atom. The summed E-state index contributed by atoms with van der Waals surface area (Å²) in [6.07, 6.45) is 4.76. The molecule has 1 aliphatic rings. The summed E-state index contributed by atoms with van der Waals surface area (Å²) in [6, 6.07) is 12.0. The standard InChI is InChI=1S/C18H16ClN3/c1-18(2)10-13-12(6-5-7-14(13)19)17(21-18)15-11-20-16-8-3-4-9-22(15)16/h3-9,11H,10H2,1-2H3. The second-order valence-electron chi connectivity index (χ2n) is 6.29. The van der Waals surface area contributed by atoms with Gasteiger partial charge >= 0.3 is 0 Å². The minimum Gasteiger partial charge on any atom is -0.298 e. The summed E-state index contributed by atoms with van der Waals surface area (Å²) in [6.45, 7) is 4.28. The van der Waals surface area contributed by atoms with E-state index in [0.717, 1.165) is 34.1 Å². The van der Waals surface area contributed by atoms with E-state index in [0.29, 0.717) is 0 Å². The van der Waals surface area contributed by atoms with E-state index in [-0.39, 0.29) is 5.54 Å². The highest BCUT2D eigenvalue weighted by Gasteiger charge is 2.29. The van der Waals surface area contributed by atoms with Gasteiger partial charge in [0.25, 0.3) is 0 Å². The van der Waals surface area contributed by atoms with Crippen molar-refractivity contribution in [3.8, 4) is 0 Å². The second kappa shape index (κ2) is 4.68. The number of nitrogens with zero attached hydrogens (tertiary/aromatic N) is 3. The Bertz CT molecular complexity index is 906. The van der Waals surface area contributed by atoms with E-state index in [2.05, 4.69) is 29.3 Å². The fraction of sp³-hybridized carbons (Fsp3) is 0.222. The molecule has 3 heterocycles. The molecule has 1 aromatic carbocycles. The van der Waals surface area contributed by atoms with Crippen molar-refractivity contribution in [3.05, 3.63) is 70.6 Å². The maximum absolute atomic E-state index is 6.44. The molecule has 0 unspecified atom stereocenters.